The molecule has 310 valence electrons. The van der Waals surface area contributed by atoms with Crippen LogP contribution in [-0.4, -0.2) is 16.6 Å². The number of hydrogen-bond acceptors (Lipinski definition) is 2. The highest BCUT2D eigenvalue weighted by Crippen LogP contribution is 2.58. The zero-order chi connectivity index (χ0) is 42.5. The van der Waals surface area contributed by atoms with Crippen LogP contribution in [0, 0.1) is 0 Å². The van der Waals surface area contributed by atoms with E-state index in [4.69, 9.17) is 8.85 Å². The highest BCUT2D eigenvalue weighted by atomic mass is 28.4. The maximum Gasteiger partial charge on any atom is 0.258 e. The van der Waals surface area contributed by atoms with Crippen LogP contribution < -0.4 is 8.85 Å². The summed E-state index contributed by atoms with van der Waals surface area (Å²) in [6, 6.07) is 33.4. The van der Waals surface area contributed by atoms with Gasteiger partial charge in [-0.1, -0.05) is 185 Å². The molecule has 2 nitrogen and oxygen atoms in total. The summed E-state index contributed by atoms with van der Waals surface area (Å²) >= 11 is 0. The van der Waals surface area contributed by atoms with Crippen LogP contribution in [0.4, 0.5) is 0 Å². The first kappa shape index (κ1) is 45.0. The Kier molecular flexibility index (Phi) is 13.0. The van der Waals surface area contributed by atoms with Gasteiger partial charge in [-0.05, 0) is 126 Å². The maximum absolute atomic E-state index is 7.28. The van der Waals surface area contributed by atoms with Gasteiger partial charge in [-0.25, -0.2) is 0 Å². The van der Waals surface area contributed by atoms with Crippen molar-refractivity contribution in [3.8, 4) is 22.6 Å². The van der Waals surface area contributed by atoms with Crippen molar-refractivity contribution in [3.63, 3.8) is 0 Å². The first-order valence-corrected chi connectivity index (χ1v) is 26.7. The van der Waals surface area contributed by atoms with E-state index in [1.165, 1.54) is 44.5 Å². The van der Waals surface area contributed by atoms with Gasteiger partial charge in [-0.2, -0.15) is 0 Å². The standard InChI is InChI=1S/C53H78O2Si2/c1-19-51(15,16)43-25-31-47-48-32-26-44(52(17,18)20-2)34-50(48)53(49(47)33-43,41-21-27-45(28-22-41)54-56(35(3)4,36(5)6)37(7)8)42-23-29-46(30-24-42)55-57(38(9)10,39(11)12)40(13)14/h21-40H,19-20H2,1-18H3. The number of hydrogen-bond donors (Lipinski definition) is 0. The highest BCUT2D eigenvalue weighted by molar-refractivity contribution is 6.78. The average molecular weight is 803 g/mol. The van der Waals surface area contributed by atoms with E-state index in [0.717, 1.165) is 24.3 Å². The summed E-state index contributed by atoms with van der Waals surface area (Å²) in [7, 11) is -4.28. The fraction of sp³-hybridized carbons (Fsp3) is 0.547. The molecule has 0 saturated carbocycles. The Hall–Kier alpha value is -3.09. The zero-order valence-corrected chi connectivity index (χ0v) is 41.3. The Morgan fingerprint density at radius 3 is 0.965 bits per heavy atom. The van der Waals surface area contributed by atoms with Crippen molar-refractivity contribution >= 4 is 16.6 Å². The van der Waals surface area contributed by atoms with Crippen LogP contribution in [0.2, 0.25) is 33.2 Å². The fourth-order valence-electron chi connectivity index (χ4n) is 11.0. The molecule has 0 atom stereocenters. The summed E-state index contributed by atoms with van der Waals surface area (Å²) in [5.74, 6) is 2.00. The average Bonchev–Trinajstić information content (AvgIpc) is 3.45. The Labute approximate surface area is 351 Å². The minimum absolute atomic E-state index is 0.0390. The molecule has 0 aromatic heterocycles. The normalized spacial score (nSPS) is 14.7. The van der Waals surface area contributed by atoms with Gasteiger partial charge in [0.05, 0.1) is 5.41 Å². The van der Waals surface area contributed by atoms with Crippen LogP contribution in [0.1, 0.15) is 171 Å². The van der Waals surface area contributed by atoms with E-state index in [-0.39, 0.29) is 10.8 Å². The lowest BCUT2D eigenvalue weighted by molar-refractivity contribution is 0.479. The summed E-state index contributed by atoms with van der Waals surface area (Å²) in [6.45, 7) is 42.6. The second-order valence-corrected chi connectivity index (χ2v) is 31.4. The third-order valence-corrected chi connectivity index (χ3v) is 27.1. The van der Waals surface area contributed by atoms with Gasteiger partial charge in [0.15, 0.2) is 0 Å². The van der Waals surface area contributed by atoms with Gasteiger partial charge in [-0.3, -0.25) is 0 Å². The van der Waals surface area contributed by atoms with Gasteiger partial charge in [0.1, 0.15) is 11.5 Å². The topological polar surface area (TPSA) is 18.5 Å². The molecule has 0 saturated heterocycles. The van der Waals surface area contributed by atoms with Crippen LogP contribution >= 0.6 is 0 Å². The van der Waals surface area contributed by atoms with E-state index >= 15 is 0 Å². The molecule has 4 heteroatoms. The van der Waals surface area contributed by atoms with Gasteiger partial charge in [0.2, 0.25) is 0 Å². The van der Waals surface area contributed by atoms with Crippen LogP contribution in [0.3, 0.4) is 0 Å². The quantitative estimate of drug-likeness (QED) is 0.0925. The molecule has 1 aliphatic rings. The molecule has 1 aliphatic carbocycles. The predicted octanol–water partition coefficient (Wildman–Crippen LogP) is 16.5. The zero-order valence-electron chi connectivity index (χ0n) is 39.3. The Bertz CT molecular complexity index is 1790. The summed E-state index contributed by atoms with van der Waals surface area (Å²) in [4.78, 5) is 0. The summed E-state index contributed by atoms with van der Waals surface area (Å²) in [5, 5.41) is 0. The number of benzene rings is 4. The van der Waals surface area contributed by atoms with E-state index in [1.54, 1.807) is 0 Å². The minimum Gasteiger partial charge on any atom is -0.543 e. The first-order valence-electron chi connectivity index (χ1n) is 22.5. The molecule has 0 heterocycles. The molecule has 0 amide bonds. The molecule has 0 radical (unpaired) electrons. The van der Waals surface area contributed by atoms with Crippen molar-refractivity contribution in [1.82, 2.24) is 0 Å². The number of rotatable bonds is 16. The molecule has 0 bridgehead atoms. The molecule has 0 N–H and O–H groups in total. The van der Waals surface area contributed by atoms with Crippen molar-refractivity contribution in [2.75, 3.05) is 0 Å². The SMILES string of the molecule is CCC(C)(C)c1ccc2c(c1)C(c1ccc(O[Si](C(C)C)(C(C)C)C(C)C)cc1)(c1ccc(O[Si](C(C)C)(C(C)C)C(C)C)cc1)c1cc(C(C)(C)CC)ccc1-2. The molecule has 4 aromatic rings. The van der Waals surface area contributed by atoms with Crippen molar-refractivity contribution in [1.29, 1.82) is 0 Å². The molecule has 0 fully saturated rings. The van der Waals surface area contributed by atoms with Gasteiger partial charge >= 0.3 is 0 Å². The monoisotopic (exact) mass is 803 g/mol. The van der Waals surface area contributed by atoms with Crippen LogP contribution in [0.15, 0.2) is 84.9 Å². The Balaban J connectivity index is 1.84. The highest BCUT2D eigenvalue weighted by Gasteiger charge is 2.50. The smallest absolute Gasteiger partial charge is 0.258 e. The van der Waals surface area contributed by atoms with Crippen molar-refractivity contribution in [2.24, 2.45) is 0 Å². The largest absolute Gasteiger partial charge is 0.543 e. The van der Waals surface area contributed by atoms with Crippen LogP contribution in [0.25, 0.3) is 11.1 Å². The van der Waals surface area contributed by atoms with Crippen LogP contribution in [0.5, 0.6) is 11.5 Å². The van der Waals surface area contributed by atoms with Gasteiger partial charge in [0, 0.05) is 0 Å². The maximum atomic E-state index is 7.28. The molecule has 5 rings (SSSR count). The second-order valence-electron chi connectivity index (χ2n) is 20.6. The summed E-state index contributed by atoms with van der Waals surface area (Å²) in [6.07, 6.45) is 2.14. The van der Waals surface area contributed by atoms with E-state index in [0.29, 0.717) is 33.2 Å². The van der Waals surface area contributed by atoms with Crippen molar-refractivity contribution < 1.29 is 8.85 Å². The first-order chi connectivity index (χ1) is 26.6. The Morgan fingerprint density at radius 1 is 0.439 bits per heavy atom. The lowest BCUT2D eigenvalue weighted by Crippen LogP contribution is -2.50. The van der Waals surface area contributed by atoms with Gasteiger partial charge in [-0.15, -0.1) is 0 Å². The summed E-state index contributed by atoms with van der Waals surface area (Å²) < 4.78 is 14.6. The second kappa shape index (κ2) is 16.5. The van der Waals surface area contributed by atoms with Gasteiger partial charge < -0.3 is 8.85 Å². The molecular formula is C53H78O2Si2. The lowest BCUT2D eigenvalue weighted by Gasteiger charge is -2.42. The van der Waals surface area contributed by atoms with Crippen molar-refractivity contribution in [2.45, 2.75) is 187 Å². The molecule has 0 unspecified atom stereocenters. The lowest BCUT2D eigenvalue weighted by atomic mass is 9.66. The Morgan fingerprint density at radius 2 is 0.719 bits per heavy atom. The molecule has 57 heavy (non-hydrogen) atoms. The predicted molar refractivity (Wildman–Crippen MR) is 254 cm³/mol. The van der Waals surface area contributed by atoms with E-state index < -0.39 is 22.0 Å². The van der Waals surface area contributed by atoms with Gasteiger partial charge in [0.25, 0.3) is 16.6 Å². The third-order valence-electron chi connectivity index (χ3n) is 15.0. The fourth-order valence-corrected chi connectivity index (χ4v) is 21.5. The van der Waals surface area contributed by atoms with E-state index in [2.05, 4.69) is 210 Å². The van der Waals surface area contributed by atoms with Crippen LogP contribution in [-0.2, 0) is 16.2 Å². The summed E-state index contributed by atoms with van der Waals surface area (Å²) in [5.41, 5.74) is 13.3. The third kappa shape index (κ3) is 7.54. The number of fused-ring (bicyclic) bond motifs is 3. The molecule has 4 aromatic carbocycles. The molecular weight excluding hydrogens is 725 g/mol. The van der Waals surface area contributed by atoms with Crippen molar-refractivity contribution in [3.05, 3.63) is 118 Å². The van der Waals surface area contributed by atoms with E-state index in [1.807, 2.05) is 0 Å². The molecule has 0 aliphatic heterocycles. The minimum atomic E-state index is -2.14. The van der Waals surface area contributed by atoms with E-state index in [9.17, 15) is 0 Å². The molecule has 0 spiro atoms.